The van der Waals surface area contributed by atoms with Gasteiger partial charge in [0.25, 0.3) is 0 Å². The van der Waals surface area contributed by atoms with Gasteiger partial charge >= 0.3 is 0 Å². The molecule has 3 aromatic heterocycles. The summed E-state index contributed by atoms with van der Waals surface area (Å²) in [6, 6.07) is 16.0. The van der Waals surface area contributed by atoms with Crippen LogP contribution in [0.15, 0.2) is 55.0 Å². The van der Waals surface area contributed by atoms with E-state index in [9.17, 15) is 0 Å². The van der Waals surface area contributed by atoms with Crippen LogP contribution < -0.4 is 11.1 Å². The van der Waals surface area contributed by atoms with E-state index < -0.39 is 0 Å². The van der Waals surface area contributed by atoms with Crippen LogP contribution in [0.5, 0.6) is 0 Å². The minimum absolute atomic E-state index is 0. The molecule has 1 aromatic carbocycles. The molecule has 0 unspecified atom stereocenters. The van der Waals surface area contributed by atoms with E-state index in [4.69, 9.17) is 16.0 Å². The maximum Gasteiger partial charge on any atom is 0.132 e. The second-order valence-electron chi connectivity index (χ2n) is 7.54. The minimum Gasteiger partial charge on any atom is -0.329 e. The van der Waals surface area contributed by atoms with Crippen molar-refractivity contribution in [1.29, 1.82) is 5.26 Å². The van der Waals surface area contributed by atoms with E-state index in [0.29, 0.717) is 23.8 Å². The molecule has 31 heavy (non-hydrogen) atoms. The number of rotatable bonds is 6. The van der Waals surface area contributed by atoms with Gasteiger partial charge in [-0.1, -0.05) is 6.07 Å². The van der Waals surface area contributed by atoms with Crippen molar-refractivity contribution in [3.05, 3.63) is 66.1 Å². The van der Waals surface area contributed by atoms with Gasteiger partial charge < -0.3 is 15.6 Å². The Morgan fingerprint density at radius 2 is 1.97 bits per heavy atom. The van der Waals surface area contributed by atoms with E-state index in [1.54, 1.807) is 18.3 Å². The second-order valence-corrected chi connectivity index (χ2v) is 7.54. The highest BCUT2D eigenvalue weighted by Gasteiger charge is 2.25. The van der Waals surface area contributed by atoms with Crippen molar-refractivity contribution in [1.82, 2.24) is 19.5 Å². The van der Waals surface area contributed by atoms with Crippen molar-refractivity contribution in [3.63, 3.8) is 0 Å². The highest BCUT2D eigenvalue weighted by molar-refractivity contribution is 5.85. The molecule has 1 fully saturated rings. The van der Waals surface area contributed by atoms with Crippen LogP contribution >= 0.6 is 12.4 Å². The Labute approximate surface area is 186 Å². The average molecular weight is 432 g/mol. The molecule has 156 valence electrons. The lowest BCUT2D eigenvalue weighted by molar-refractivity contribution is 0.728. The van der Waals surface area contributed by atoms with Gasteiger partial charge in [0.1, 0.15) is 11.6 Å². The number of nitrogens with one attached hydrogen (secondary N) is 1. The Morgan fingerprint density at radius 3 is 2.74 bits per heavy atom. The molecular weight excluding hydrogens is 410 g/mol. The van der Waals surface area contributed by atoms with E-state index in [1.807, 2.05) is 6.33 Å². The summed E-state index contributed by atoms with van der Waals surface area (Å²) in [5.41, 5.74) is 11.4. The van der Waals surface area contributed by atoms with Gasteiger partial charge in [-0.05, 0) is 60.7 Å². The molecule has 0 saturated heterocycles. The molecule has 1 aliphatic carbocycles. The number of pyridine rings is 2. The van der Waals surface area contributed by atoms with Crippen molar-refractivity contribution in [2.45, 2.75) is 25.3 Å². The van der Waals surface area contributed by atoms with E-state index in [2.05, 4.69) is 56.3 Å². The minimum atomic E-state index is 0. The molecule has 0 radical (unpaired) electrons. The summed E-state index contributed by atoms with van der Waals surface area (Å²) < 4.78 is 2.06. The van der Waals surface area contributed by atoms with Gasteiger partial charge in [-0.25, -0.2) is 15.0 Å². The normalized spacial score (nSPS) is 12.9. The van der Waals surface area contributed by atoms with Crippen molar-refractivity contribution in [3.8, 4) is 17.3 Å². The number of benzene rings is 1. The quantitative estimate of drug-likeness (QED) is 0.469. The van der Waals surface area contributed by atoms with Crippen molar-refractivity contribution in [2.24, 2.45) is 5.73 Å². The topological polar surface area (TPSA) is 105 Å². The number of halogens is 1. The number of hydrogen-bond donors (Lipinski definition) is 2. The van der Waals surface area contributed by atoms with Crippen LogP contribution in [-0.2, 0) is 6.54 Å². The zero-order valence-corrected chi connectivity index (χ0v) is 17.6. The number of nitrogens with two attached hydrogens (primary N) is 1. The third kappa shape index (κ3) is 4.36. The zero-order chi connectivity index (χ0) is 20.5. The van der Waals surface area contributed by atoms with Gasteiger partial charge in [0.15, 0.2) is 0 Å². The van der Waals surface area contributed by atoms with E-state index >= 15 is 0 Å². The first-order valence-corrected chi connectivity index (χ1v) is 10.0. The first-order valence-electron chi connectivity index (χ1n) is 10.0. The van der Waals surface area contributed by atoms with Gasteiger partial charge in [0.2, 0.25) is 0 Å². The van der Waals surface area contributed by atoms with Crippen molar-refractivity contribution in [2.75, 3.05) is 11.9 Å². The first-order chi connectivity index (χ1) is 14.7. The van der Waals surface area contributed by atoms with Crippen LogP contribution in [0.3, 0.4) is 0 Å². The highest BCUT2D eigenvalue weighted by atomic mass is 35.5. The fourth-order valence-corrected chi connectivity index (χ4v) is 3.66. The molecule has 3 heterocycles. The fraction of sp³-hybridized carbons (Fsp3) is 0.217. The lowest BCUT2D eigenvalue weighted by atomic mass is 10.1. The zero-order valence-electron chi connectivity index (χ0n) is 16.8. The summed E-state index contributed by atoms with van der Waals surface area (Å²) in [5.74, 6) is 1.92. The standard InChI is InChI=1S/C23H21N7.ClH/c24-6-8-30-14-27-20-10-17(3-4-21(20)30)19-11-18(16-1-2-16)12-23(28-19)29-22-9-15(13-25)5-7-26-22;/h3-5,7,9-12,14,16H,1-2,6,8,24H2,(H,26,28,29);1H. The van der Waals surface area contributed by atoms with E-state index in [-0.39, 0.29) is 12.4 Å². The van der Waals surface area contributed by atoms with Crippen molar-refractivity contribution < 1.29 is 0 Å². The SMILES string of the molecule is Cl.N#Cc1ccnc(Nc2cc(C3CC3)cc(-c3ccc4c(c3)ncn4CCN)n2)c1. The van der Waals surface area contributed by atoms with Crippen LogP contribution in [0.25, 0.3) is 22.3 Å². The fourth-order valence-electron chi connectivity index (χ4n) is 3.66. The predicted octanol–water partition coefficient (Wildman–Crippen LogP) is 4.37. The third-order valence-electron chi connectivity index (χ3n) is 5.33. The summed E-state index contributed by atoms with van der Waals surface area (Å²) in [4.78, 5) is 13.7. The Morgan fingerprint density at radius 1 is 1.10 bits per heavy atom. The summed E-state index contributed by atoms with van der Waals surface area (Å²) in [6.45, 7) is 1.32. The molecular formula is C23H22ClN7. The number of fused-ring (bicyclic) bond motifs is 1. The Bertz CT molecular complexity index is 1270. The number of hydrogen-bond acceptors (Lipinski definition) is 6. The number of anilines is 2. The van der Waals surface area contributed by atoms with Gasteiger partial charge in [-0.3, -0.25) is 0 Å². The van der Waals surface area contributed by atoms with Gasteiger partial charge in [0.05, 0.1) is 34.7 Å². The third-order valence-corrected chi connectivity index (χ3v) is 5.33. The molecule has 3 N–H and O–H groups in total. The lowest BCUT2D eigenvalue weighted by Crippen LogP contribution is -2.08. The smallest absolute Gasteiger partial charge is 0.132 e. The monoisotopic (exact) mass is 431 g/mol. The summed E-state index contributed by atoms with van der Waals surface area (Å²) >= 11 is 0. The Balaban J connectivity index is 0.00000231. The molecule has 0 amide bonds. The molecule has 0 aliphatic heterocycles. The van der Waals surface area contributed by atoms with Crippen LogP contribution in [0.4, 0.5) is 11.6 Å². The lowest BCUT2D eigenvalue weighted by Gasteiger charge is -2.11. The van der Waals surface area contributed by atoms with Crippen LogP contribution in [0, 0.1) is 11.3 Å². The molecule has 4 aromatic rings. The van der Waals surface area contributed by atoms with Crippen LogP contribution in [-0.4, -0.2) is 26.1 Å². The van der Waals surface area contributed by atoms with E-state index in [0.717, 1.165) is 34.7 Å². The Hall–Kier alpha value is -3.47. The average Bonchev–Trinajstić information content (AvgIpc) is 3.55. The summed E-state index contributed by atoms with van der Waals surface area (Å²) in [5, 5.41) is 12.4. The molecule has 7 nitrogen and oxygen atoms in total. The maximum atomic E-state index is 9.13. The van der Waals surface area contributed by atoms with E-state index in [1.165, 1.54) is 18.4 Å². The van der Waals surface area contributed by atoms with Crippen LogP contribution in [0.2, 0.25) is 0 Å². The van der Waals surface area contributed by atoms with Gasteiger partial charge in [-0.2, -0.15) is 5.26 Å². The number of aromatic nitrogens is 4. The molecule has 1 saturated carbocycles. The van der Waals surface area contributed by atoms with Gasteiger partial charge in [0, 0.05) is 24.8 Å². The van der Waals surface area contributed by atoms with Crippen molar-refractivity contribution >= 4 is 35.1 Å². The first kappa shape index (κ1) is 20.8. The number of nitriles is 1. The maximum absolute atomic E-state index is 9.13. The molecule has 0 spiro atoms. The molecule has 5 rings (SSSR count). The summed E-state index contributed by atoms with van der Waals surface area (Å²) in [7, 11) is 0. The molecule has 0 bridgehead atoms. The Kier molecular flexibility index (Phi) is 5.85. The highest BCUT2D eigenvalue weighted by Crippen LogP contribution is 2.42. The predicted molar refractivity (Wildman–Crippen MR) is 123 cm³/mol. The molecule has 0 atom stereocenters. The van der Waals surface area contributed by atoms with Crippen LogP contribution in [0.1, 0.15) is 29.9 Å². The largest absolute Gasteiger partial charge is 0.329 e. The molecule has 1 aliphatic rings. The summed E-state index contributed by atoms with van der Waals surface area (Å²) in [6.07, 6.45) is 5.86. The number of imidazole rings is 1. The molecule has 8 heteroatoms. The van der Waals surface area contributed by atoms with Gasteiger partial charge in [-0.15, -0.1) is 12.4 Å². The second kappa shape index (κ2) is 8.72. The number of nitrogens with zero attached hydrogens (tertiary/aromatic N) is 5.